The van der Waals surface area contributed by atoms with Gasteiger partial charge in [-0.15, -0.1) is 0 Å². The number of hydrogen-bond donors (Lipinski definition) is 1. The van der Waals surface area contributed by atoms with E-state index in [2.05, 4.69) is 17.4 Å². The van der Waals surface area contributed by atoms with Crippen LogP contribution in [0.2, 0.25) is 0 Å². The van der Waals surface area contributed by atoms with Gasteiger partial charge in [0.2, 0.25) is 0 Å². The molecule has 0 radical (unpaired) electrons. The third-order valence-corrected chi connectivity index (χ3v) is 6.62. The maximum atomic E-state index is 13.8. The SMILES string of the molecule is COc1cccc(OCc2nc3c(n2Cc2ccccc2)C(=O)N(CC2CCOCC2)CCN3)c1. The van der Waals surface area contributed by atoms with Crippen LogP contribution in [-0.2, 0) is 17.9 Å². The van der Waals surface area contributed by atoms with Crippen molar-refractivity contribution in [2.75, 3.05) is 45.3 Å². The van der Waals surface area contributed by atoms with Crippen LogP contribution in [0.5, 0.6) is 11.5 Å². The van der Waals surface area contributed by atoms with Gasteiger partial charge in [-0.1, -0.05) is 36.4 Å². The number of methoxy groups -OCH3 is 1. The van der Waals surface area contributed by atoms with Gasteiger partial charge >= 0.3 is 0 Å². The second-order valence-electron chi connectivity index (χ2n) is 9.00. The van der Waals surface area contributed by atoms with Crippen LogP contribution in [0.25, 0.3) is 0 Å². The normalized spacial score (nSPS) is 16.4. The van der Waals surface area contributed by atoms with Gasteiger partial charge in [-0.25, -0.2) is 4.98 Å². The second kappa shape index (κ2) is 10.8. The van der Waals surface area contributed by atoms with Crippen LogP contribution in [0, 0.1) is 5.92 Å². The summed E-state index contributed by atoms with van der Waals surface area (Å²) >= 11 is 0. The van der Waals surface area contributed by atoms with Crippen LogP contribution in [0.3, 0.4) is 0 Å². The number of amides is 1. The van der Waals surface area contributed by atoms with Crippen molar-refractivity contribution in [2.45, 2.75) is 26.0 Å². The molecule has 0 unspecified atom stereocenters. The van der Waals surface area contributed by atoms with E-state index in [1.165, 1.54) is 0 Å². The number of anilines is 1. The smallest absolute Gasteiger partial charge is 0.274 e. The molecular weight excluding hydrogens is 444 g/mol. The number of imidazole rings is 1. The summed E-state index contributed by atoms with van der Waals surface area (Å²) in [5.41, 5.74) is 1.70. The minimum atomic E-state index is 0.0209. The predicted octanol–water partition coefficient (Wildman–Crippen LogP) is 3.81. The number of benzene rings is 2. The number of nitrogens with zero attached hydrogens (tertiary/aromatic N) is 3. The predicted molar refractivity (Wildman–Crippen MR) is 133 cm³/mol. The topological polar surface area (TPSA) is 77.9 Å². The van der Waals surface area contributed by atoms with E-state index in [9.17, 15) is 4.79 Å². The number of ether oxygens (including phenoxy) is 3. The average Bonchev–Trinajstić information content (AvgIpc) is 3.16. The van der Waals surface area contributed by atoms with Crippen LogP contribution in [0.4, 0.5) is 5.82 Å². The fourth-order valence-corrected chi connectivity index (χ4v) is 4.70. The van der Waals surface area contributed by atoms with E-state index in [1.807, 2.05) is 51.9 Å². The van der Waals surface area contributed by atoms with Crippen LogP contribution in [-0.4, -0.2) is 60.3 Å². The number of rotatable bonds is 8. The van der Waals surface area contributed by atoms with Crippen molar-refractivity contribution < 1.29 is 19.0 Å². The van der Waals surface area contributed by atoms with Gasteiger partial charge in [0.15, 0.2) is 11.5 Å². The molecule has 184 valence electrons. The highest BCUT2D eigenvalue weighted by Crippen LogP contribution is 2.27. The van der Waals surface area contributed by atoms with E-state index in [4.69, 9.17) is 19.2 Å². The van der Waals surface area contributed by atoms with Gasteiger partial charge in [0.1, 0.15) is 23.9 Å². The molecule has 0 atom stereocenters. The molecule has 3 heterocycles. The number of nitrogens with one attached hydrogen (secondary N) is 1. The molecule has 1 aromatic heterocycles. The lowest BCUT2D eigenvalue weighted by atomic mass is 9.99. The summed E-state index contributed by atoms with van der Waals surface area (Å²) in [6, 6.07) is 17.6. The molecule has 0 saturated carbocycles. The molecule has 1 fully saturated rings. The lowest BCUT2D eigenvalue weighted by Crippen LogP contribution is -2.39. The minimum absolute atomic E-state index is 0.0209. The first-order valence-electron chi connectivity index (χ1n) is 12.2. The first-order valence-corrected chi connectivity index (χ1v) is 12.2. The molecule has 2 aliphatic heterocycles. The molecule has 2 aromatic carbocycles. The Bertz CT molecular complexity index is 1140. The van der Waals surface area contributed by atoms with Gasteiger partial charge < -0.3 is 29.0 Å². The largest absolute Gasteiger partial charge is 0.497 e. The molecular formula is C27H32N4O4. The summed E-state index contributed by atoms with van der Waals surface area (Å²) in [6.07, 6.45) is 1.99. The highest BCUT2D eigenvalue weighted by molar-refractivity contribution is 5.98. The molecule has 2 aliphatic rings. The van der Waals surface area contributed by atoms with Gasteiger partial charge in [0, 0.05) is 45.5 Å². The van der Waals surface area contributed by atoms with Gasteiger partial charge in [-0.2, -0.15) is 0 Å². The molecule has 0 spiro atoms. The number of carbonyl (C=O) groups is 1. The van der Waals surface area contributed by atoms with E-state index in [1.54, 1.807) is 7.11 Å². The Morgan fingerprint density at radius 3 is 2.69 bits per heavy atom. The fourth-order valence-electron chi connectivity index (χ4n) is 4.70. The van der Waals surface area contributed by atoms with Crippen LogP contribution in [0.1, 0.15) is 34.7 Å². The van der Waals surface area contributed by atoms with Crippen LogP contribution in [0.15, 0.2) is 54.6 Å². The Balaban J connectivity index is 1.44. The molecule has 5 rings (SSSR count). The number of fused-ring (bicyclic) bond motifs is 1. The van der Waals surface area contributed by atoms with Crippen molar-refractivity contribution >= 4 is 11.7 Å². The molecule has 8 heteroatoms. The van der Waals surface area contributed by atoms with Gasteiger partial charge in [0.25, 0.3) is 5.91 Å². The third-order valence-electron chi connectivity index (χ3n) is 6.62. The maximum Gasteiger partial charge on any atom is 0.274 e. The van der Waals surface area contributed by atoms with E-state index in [-0.39, 0.29) is 12.5 Å². The van der Waals surface area contributed by atoms with E-state index in [0.29, 0.717) is 48.6 Å². The zero-order valence-corrected chi connectivity index (χ0v) is 20.1. The zero-order valence-electron chi connectivity index (χ0n) is 20.1. The molecule has 1 saturated heterocycles. The summed E-state index contributed by atoms with van der Waals surface area (Å²) in [7, 11) is 1.63. The molecule has 0 bridgehead atoms. The fraction of sp³-hybridized carbons (Fsp3) is 0.407. The monoisotopic (exact) mass is 476 g/mol. The Kier molecular flexibility index (Phi) is 7.18. The van der Waals surface area contributed by atoms with Crippen molar-refractivity contribution in [3.63, 3.8) is 0 Å². The summed E-state index contributed by atoms with van der Waals surface area (Å²) in [5.74, 6) is 3.24. The molecule has 8 nitrogen and oxygen atoms in total. The summed E-state index contributed by atoms with van der Waals surface area (Å²) in [5, 5.41) is 3.39. The lowest BCUT2D eigenvalue weighted by Gasteiger charge is -2.29. The standard InChI is InChI=1S/C27H32N4O4/c1-33-22-8-5-9-23(16-22)35-19-24-29-26-25(31(24)18-20-6-3-2-4-7-20)27(32)30(13-12-28-26)17-21-10-14-34-15-11-21/h2-9,16,21,28H,10-15,17-19H2,1H3. The Hall–Kier alpha value is -3.52. The first kappa shape index (κ1) is 23.2. The highest BCUT2D eigenvalue weighted by atomic mass is 16.5. The lowest BCUT2D eigenvalue weighted by molar-refractivity contribution is 0.0463. The van der Waals surface area contributed by atoms with Crippen molar-refractivity contribution in [1.82, 2.24) is 14.5 Å². The van der Waals surface area contributed by atoms with E-state index >= 15 is 0 Å². The van der Waals surface area contributed by atoms with Crippen molar-refractivity contribution in [3.05, 3.63) is 71.7 Å². The quantitative estimate of drug-likeness (QED) is 0.533. The summed E-state index contributed by atoms with van der Waals surface area (Å²) in [6.45, 7) is 4.39. The van der Waals surface area contributed by atoms with Gasteiger partial charge in [-0.3, -0.25) is 4.79 Å². The zero-order chi connectivity index (χ0) is 24.0. The molecule has 35 heavy (non-hydrogen) atoms. The Morgan fingerprint density at radius 1 is 1.09 bits per heavy atom. The molecule has 1 N–H and O–H groups in total. The molecule has 0 aliphatic carbocycles. The van der Waals surface area contributed by atoms with Crippen molar-refractivity contribution in [2.24, 2.45) is 5.92 Å². The maximum absolute atomic E-state index is 13.8. The van der Waals surface area contributed by atoms with E-state index in [0.717, 1.165) is 43.9 Å². The average molecular weight is 477 g/mol. The highest BCUT2D eigenvalue weighted by Gasteiger charge is 2.31. The second-order valence-corrected chi connectivity index (χ2v) is 9.00. The first-order chi connectivity index (χ1) is 17.2. The number of hydrogen-bond acceptors (Lipinski definition) is 6. The minimum Gasteiger partial charge on any atom is -0.497 e. The van der Waals surface area contributed by atoms with Gasteiger partial charge in [0.05, 0.1) is 7.11 Å². The molecule has 1 amide bonds. The Morgan fingerprint density at radius 2 is 1.89 bits per heavy atom. The van der Waals surface area contributed by atoms with Crippen LogP contribution >= 0.6 is 0 Å². The van der Waals surface area contributed by atoms with Crippen LogP contribution < -0.4 is 14.8 Å². The van der Waals surface area contributed by atoms with Gasteiger partial charge in [-0.05, 0) is 36.5 Å². The number of aromatic nitrogens is 2. The summed E-state index contributed by atoms with van der Waals surface area (Å²) in [4.78, 5) is 20.6. The summed E-state index contributed by atoms with van der Waals surface area (Å²) < 4.78 is 18.9. The van der Waals surface area contributed by atoms with Crippen molar-refractivity contribution in [1.29, 1.82) is 0 Å². The molecule has 3 aromatic rings. The van der Waals surface area contributed by atoms with Crippen molar-refractivity contribution in [3.8, 4) is 11.5 Å². The third kappa shape index (κ3) is 5.43. The number of carbonyl (C=O) groups excluding carboxylic acids is 1. The van der Waals surface area contributed by atoms with E-state index < -0.39 is 0 Å². The Labute approximate surface area is 205 Å².